The van der Waals surface area contributed by atoms with E-state index >= 15 is 0 Å². The highest BCUT2D eigenvalue weighted by atomic mass is 16.5. The zero-order valence-corrected chi connectivity index (χ0v) is 15.4. The molecule has 0 fully saturated rings. The van der Waals surface area contributed by atoms with Crippen LogP contribution in [0.2, 0.25) is 0 Å². The Balaban J connectivity index is 1.95. The highest BCUT2D eigenvalue weighted by Gasteiger charge is 2.08. The number of hydrogen-bond acceptors (Lipinski definition) is 5. The Kier molecular flexibility index (Phi) is 5.81. The molecular weight excluding hydrogens is 324 g/mol. The maximum Gasteiger partial charge on any atom is 0.225 e. The first kappa shape index (κ1) is 17.9. The number of aromatic nitrogens is 2. The molecule has 1 heterocycles. The van der Waals surface area contributed by atoms with Crippen molar-refractivity contribution in [1.82, 2.24) is 9.97 Å². The van der Waals surface area contributed by atoms with Crippen molar-refractivity contribution in [2.45, 2.75) is 13.8 Å². The summed E-state index contributed by atoms with van der Waals surface area (Å²) < 4.78 is 5.10. The number of hydrogen-bond donors (Lipinski definition) is 2. The van der Waals surface area contributed by atoms with Crippen LogP contribution < -0.4 is 10.6 Å². The van der Waals surface area contributed by atoms with Gasteiger partial charge in [0.2, 0.25) is 5.95 Å². The monoisotopic (exact) mass is 348 g/mol. The van der Waals surface area contributed by atoms with Crippen LogP contribution in [0.25, 0.3) is 11.3 Å². The molecule has 0 atom stereocenters. The van der Waals surface area contributed by atoms with E-state index in [0.717, 1.165) is 22.8 Å². The van der Waals surface area contributed by atoms with Crippen LogP contribution in [0.15, 0.2) is 54.6 Å². The summed E-state index contributed by atoms with van der Waals surface area (Å²) in [4.78, 5) is 9.25. The maximum absolute atomic E-state index is 5.10. The average molecular weight is 348 g/mol. The Bertz CT molecular complexity index is 865. The van der Waals surface area contributed by atoms with E-state index in [0.29, 0.717) is 19.1 Å². The van der Waals surface area contributed by atoms with Crippen molar-refractivity contribution in [2.24, 2.45) is 0 Å². The fourth-order valence-electron chi connectivity index (χ4n) is 2.62. The molecular formula is C21H24N4O. The van der Waals surface area contributed by atoms with Gasteiger partial charge in [-0.25, -0.2) is 4.98 Å². The van der Waals surface area contributed by atoms with Crippen molar-refractivity contribution < 1.29 is 4.74 Å². The molecule has 0 spiro atoms. The number of ether oxygens (including phenoxy) is 1. The van der Waals surface area contributed by atoms with Gasteiger partial charge in [0, 0.05) is 31.0 Å². The van der Waals surface area contributed by atoms with Crippen LogP contribution in [0.5, 0.6) is 0 Å². The van der Waals surface area contributed by atoms with E-state index in [4.69, 9.17) is 4.74 Å². The van der Waals surface area contributed by atoms with Crippen LogP contribution >= 0.6 is 0 Å². The number of aryl methyl sites for hydroxylation is 2. The summed E-state index contributed by atoms with van der Waals surface area (Å²) in [6.07, 6.45) is 0. The number of rotatable bonds is 7. The van der Waals surface area contributed by atoms with Crippen LogP contribution in [0.3, 0.4) is 0 Å². The molecule has 0 aliphatic carbocycles. The molecule has 2 N–H and O–H groups in total. The van der Waals surface area contributed by atoms with Crippen molar-refractivity contribution in [3.63, 3.8) is 0 Å². The minimum atomic E-state index is 0.580. The number of benzene rings is 2. The van der Waals surface area contributed by atoms with Crippen LogP contribution in [0.1, 0.15) is 11.1 Å². The van der Waals surface area contributed by atoms with E-state index in [2.05, 4.69) is 52.6 Å². The largest absolute Gasteiger partial charge is 0.383 e. The number of anilines is 3. The third-order valence-electron chi connectivity index (χ3n) is 4.04. The Morgan fingerprint density at radius 1 is 0.962 bits per heavy atom. The molecule has 134 valence electrons. The standard InChI is InChI=1S/C21H24N4O/c1-15-9-10-16(2)18(13-15)23-20-14-19(17-7-5-4-6-8-17)24-21(25-20)22-11-12-26-3/h4-10,13-14H,11-12H2,1-3H3,(H2,22,23,24,25). The quantitative estimate of drug-likeness (QED) is 0.613. The predicted octanol–water partition coefficient (Wildman–Crippen LogP) is 4.56. The van der Waals surface area contributed by atoms with Gasteiger partial charge in [-0.05, 0) is 31.0 Å². The summed E-state index contributed by atoms with van der Waals surface area (Å²) in [5, 5.41) is 6.65. The maximum atomic E-state index is 5.10. The molecule has 3 aromatic rings. The Labute approximate surface area is 154 Å². The molecule has 0 saturated heterocycles. The van der Waals surface area contributed by atoms with E-state index in [1.54, 1.807) is 7.11 Å². The van der Waals surface area contributed by atoms with Crippen LogP contribution in [0.4, 0.5) is 17.5 Å². The van der Waals surface area contributed by atoms with Gasteiger partial charge < -0.3 is 15.4 Å². The first-order valence-corrected chi connectivity index (χ1v) is 8.67. The summed E-state index contributed by atoms with van der Waals surface area (Å²) in [6, 6.07) is 18.4. The minimum Gasteiger partial charge on any atom is -0.383 e. The van der Waals surface area contributed by atoms with Gasteiger partial charge in [0.05, 0.1) is 12.3 Å². The van der Waals surface area contributed by atoms with Crippen LogP contribution in [0, 0.1) is 13.8 Å². The molecule has 3 rings (SSSR count). The van der Waals surface area contributed by atoms with Gasteiger partial charge in [0.15, 0.2) is 0 Å². The van der Waals surface area contributed by atoms with Gasteiger partial charge in [0.25, 0.3) is 0 Å². The van der Waals surface area contributed by atoms with E-state index < -0.39 is 0 Å². The Morgan fingerprint density at radius 2 is 1.77 bits per heavy atom. The summed E-state index contributed by atoms with van der Waals surface area (Å²) in [6.45, 7) is 5.41. The van der Waals surface area contributed by atoms with E-state index in [-0.39, 0.29) is 0 Å². The fourth-order valence-corrected chi connectivity index (χ4v) is 2.62. The second-order valence-corrected chi connectivity index (χ2v) is 6.19. The van der Waals surface area contributed by atoms with Gasteiger partial charge in [0.1, 0.15) is 5.82 Å². The second kappa shape index (κ2) is 8.45. The second-order valence-electron chi connectivity index (χ2n) is 6.19. The molecule has 0 amide bonds. The molecule has 0 aliphatic heterocycles. The van der Waals surface area contributed by atoms with Gasteiger partial charge in [-0.3, -0.25) is 0 Å². The summed E-state index contributed by atoms with van der Waals surface area (Å²) in [7, 11) is 1.68. The first-order chi connectivity index (χ1) is 12.7. The SMILES string of the molecule is COCCNc1nc(Nc2cc(C)ccc2C)cc(-c2ccccc2)n1. The number of nitrogens with zero attached hydrogens (tertiary/aromatic N) is 2. The lowest BCUT2D eigenvalue weighted by Crippen LogP contribution is -2.11. The average Bonchev–Trinajstić information content (AvgIpc) is 2.65. The lowest BCUT2D eigenvalue weighted by atomic mass is 10.1. The zero-order valence-electron chi connectivity index (χ0n) is 15.4. The molecule has 26 heavy (non-hydrogen) atoms. The third-order valence-corrected chi connectivity index (χ3v) is 4.04. The zero-order chi connectivity index (χ0) is 18.4. The molecule has 0 unspecified atom stereocenters. The molecule has 1 aromatic heterocycles. The molecule has 0 radical (unpaired) electrons. The fraction of sp³-hybridized carbons (Fsp3) is 0.238. The van der Waals surface area contributed by atoms with Gasteiger partial charge in [-0.15, -0.1) is 0 Å². The first-order valence-electron chi connectivity index (χ1n) is 8.67. The number of nitrogens with one attached hydrogen (secondary N) is 2. The van der Waals surface area contributed by atoms with Crippen molar-refractivity contribution in [3.8, 4) is 11.3 Å². The van der Waals surface area contributed by atoms with Gasteiger partial charge in [-0.1, -0.05) is 42.5 Å². The van der Waals surface area contributed by atoms with Gasteiger partial charge in [-0.2, -0.15) is 4.98 Å². The highest BCUT2D eigenvalue weighted by Crippen LogP contribution is 2.25. The molecule has 0 bridgehead atoms. The summed E-state index contributed by atoms with van der Waals surface area (Å²) in [5.74, 6) is 1.34. The third kappa shape index (κ3) is 4.58. The lowest BCUT2D eigenvalue weighted by molar-refractivity contribution is 0.210. The Hall–Kier alpha value is -2.92. The van der Waals surface area contributed by atoms with Crippen molar-refractivity contribution in [3.05, 3.63) is 65.7 Å². The van der Waals surface area contributed by atoms with Crippen molar-refractivity contribution >= 4 is 17.5 Å². The highest BCUT2D eigenvalue weighted by molar-refractivity contribution is 5.68. The van der Waals surface area contributed by atoms with Crippen molar-refractivity contribution in [2.75, 3.05) is 30.9 Å². The molecule has 5 nitrogen and oxygen atoms in total. The smallest absolute Gasteiger partial charge is 0.225 e. The molecule has 5 heteroatoms. The van der Waals surface area contributed by atoms with Gasteiger partial charge >= 0.3 is 0 Å². The van der Waals surface area contributed by atoms with Crippen LogP contribution in [-0.2, 0) is 4.74 Å². The van der Waals surface area contributed by atoms with E-state index in [1.807, 2.05) is 36.4 Å². The minimum absolute atomic E-state index is 0.580. The molecule has 0 aliphatic rings. The normalized spacial score (nSPS) is 10.6. The predicted molar refractivity (Wildman–Crippen MR) is 107 cm³/mol. The van der Waals surface area contributed by atoms with Crippen molar-refractivity contribution in [1.29, 1.82) is 0 Å². The summed E-state index contributed by atoms with van der Waals surface area (Å²) in [5.41, 5.74) is 5.34. The lowest BCUT2D eigenvalue weighted by Gasteiger charge is -2.13. The Morgan fingerprint density at radius 3 is 2.54 bits per heavy atom. The summed E-state index contributed by atoms with van der Waals surface area (Å²) >= 11 is 0. The van der Waals surface area contributed by atoms with E-state index in [9.17, 15) is 0 Å². The molecule has 0 saturated carbocycles. The number of methoxy groups -OCH3 is 1. The topological polar surface area (TPSA) is 59.1 Å². The van der Waals surface area contributed by atoms with Crippen LogP contribution in [-0.4, -0.2) is 30.2 Å². The van der Waals surface area contributed by atoms with E-state index in [1.165, 1.54) is 11.1 Å². The molecule has 2 aromatic carbocycles.